The first-order chi connectivity index (χ1) is 12.8. The van der Waals surface area contributed by atoms with Gasteiger partial charge in [0.15, 0.2) is 11.5 Å². The summed E-state index contributed by atoms with van der Waals surface area (Å²) in [7, 11) is -3.34. The Bertz CT molecular complexity index is 813. The number of hydrogen-bond acceptors (Lipinski definition) is 9. The molecule has 0 bridgehead atoms. The van der Waals surface area contributed by atoms with Gasteiger partial charge in [-0.2, -0.15) is 0 Å². The molecule has 1 aliphatic rings. The first kappa shape index (κ1) is 20.2. The summed E-state index contributed by atoms with van der Waals surface area (Å²) in [5.41, 5.74) is 6.95. The molecule has 0 aliphatic carbocycles. The fourth-order valence-corrected chi connectivity index (χ4v) is 4.74. The SMILES string of the molecule is CC(C)OP(=O)(CO[C@@H]1CO[C@H](n2cnc3c(N)ncnc32)C1)OC(C)C. The van der Waals surface area contributed by atoms with Crippen LogP contribution in [0.5, 0.6) is 0 Å². The van der Waals surface area contributed by atoms with E-state index in [9.17, 15) is 4.57 Å². The molecule has 1 fully saturated rings. The van der Waals surface area contributed by atoms with E-state index in [4.69, 9.17) is 24.3 Å². The minimum absolute atomic E-state index is 0.121. The highest BCUT2D eigenvalue weighted by Crippen LogP contribution is 2.51. The highest BCUT2D eigenvalue weighted by atomic mass is 31.2. The Labute approximate surface area is 157 Å². The molecular formula is C16H26N5O5P. The van der Waals surface area contributed by atoms with Crippen LogP contribution in [0, 0.1) is 0 Å². The number of nitrogens with zero attached hydrogens (tertiary/aromatic N) is 4. The molecule has 1 aliphatic heterocycles. The van der Waals surface area contributed by atoms with Gasteiger partial charge < -0.3 is 24.3 Å². The van der Waals surface area contributed by atoms with Crippen molar-refractivity contribution in [2.24, 2.45) is 0 Å². The van der Waals surface area contributed by atoms with Crippen LogP contribution in [-0.4, -0.2) is 50.8 Å². The first-order valence-electron chi connectivity index (χ1n) is 8.89. The Morgan fingerprint density at radius 1 is 1.26 bits per heavy atom. The van der Waals surface area contributed by atoms with E-state index in [0.717, 1.165) is 0 Å². The Kier molecular flexibility index (Phi) is 6.12. The van der Waals surface area contributed by atoms with Crippen LogP contribution < -0.4 is 5.73 Å². The molecule has 0 unspecified atom stereocenters. The van der Waals surface area contributed by atoms with Crippen LogP contribution in [0.3, 0.4) is 0 Å². The van der Waals surface area contributed by atoms with Gasteiger partial charge in [0.25, 0.3) is 0 Å². The van der Waals surface area contributed by atoms with Crippen LogP contribution in [0.2, 0.25) is 0 Å². The van der Waals surface area contributed by atoms with Crippen molar-refractivity contribution in [3.8, 4) is 0 Å². The molecule has 1 saturated heterocycles. The Balaban J connectivity index is 1.63. The Hall–Kier alpha value is -1.58. The molecule has 2 aromatic heterocycles. The third-order valence-electron chi connectivity index (χ3n) is 3.85. The van der Waals surface area contributed by atoms with Gasteiger partial charge in [-0.3, -0.25) is 9.13 Å². The molecule has 10 nitrogen and oxygen atoms in total. The minimum atomic E-state index is -3.34. The molecular weight excluding hydrogens is 373 g/mol. The van der Waals surface area contributed by atoms with E-state index in [2.05, 4.69) is 15.0 Å². The Morgan fingerprint density at radius 2 is 1.96 bits per heavy atom. The number of nitrogen functional groups attached to an aromatic ring is 1. The fraction of sp³-hybridized carbons (Fsp3) is 0.688. The zero-order valence-corrected chi connectivity index (χ0v) is 16.8. The Morgan fingerprint density at radius 3 is 2.63 bits per heavy atom. The second-order valence-electron chi connectivity index (χ2n) is 6.94. The smallest absolute Gasteiger partial charge is 0.356 e. The lowest BCUT2D eigenvalue weighted by Crippen LogP contribution is -2.18. The number of imidazole rings is 1. The molecule has 11 heteroatoms. The molecule has 0 saturated carbocycles. The lowest BCUT2D eigenvalue weighted by molar-refractivity contribution is 0.0300. The minimum Gasteiger partial charge on any atom is -0.382 e. The topological polar surface area (TPSA) is 124 Å². The number of fused-ring (bicyclic) bond motifs is 1. The van der Waals surface area contributed by atoms with E-state index in [1.54, 1.807) is 10.9 Å². The summed E-state index contributed by atoms with van der Waals surface area (Å²) >= 11 is 0. The quantitative estimate of drug-likeness (QED) is 0.667. The lowest BCUT2D eigenvalue weighted by Gasteiger charge is -2.23. The highest BCUT2D eigenvalue weighted by molar-refractivity contribution is 7.53. The summed E-state index contributed by atoms with van der Waals surface area (Å²) in [6.45, 7) is 7.59. The zero-order chi connectivity index (χ0) is 19.6. The third kappa shape index (κ3) is 4.83. The largest absolute Gasteiger partial charge is 0.382 e. The predicted octanol–water partition coefficient (Wildman–Crippen LogP) is 2.71. The number of anilines is 1. The van der Waals surface area contributed by atoms with Crippen molar-refractivity contribution in [2.75, 3.05) is 18.7 Å². The van der Waals surface area contributed by atoms with Crippen LogP contribution in [0.15, 0.2) is 12.7 Å². The zero-order valence-electron chi connectivity index (χ0n) is 15.9. The summed E-state index contributed by atoms with van der Waals surface area (Å²) < 4.78 is 37.3. The van der Waals surface area contributed by atoms with E-state index in [1.807, 2.05) is 27.7 Å². The first-order valence-corrected chi connectivity index (χ1v) is 10.6. The third-order valence-corrected chi connectivity index (χ3v) is 5.80. The maximum absolute atomic E-state index is 12.9. The molecule has 3 heterocycles. The van der Waals surface area contributed by atoms with Gasteiger partial charge in [-0.15, -0.1) is 0 Å². The average molecular weight is 399 g/mol. The van der Waals surface area contributed by atoms with Gasteiger partial charge in [0.1, 0.15) is 24.4 Å². The van der Waals surface area contributed by atoms with Crippen LogP contribution >= 0.6 is 7.60 Å². The maximum atomic E-state index is 12.9. The second-order valence-corrected chi connectivity index (χ2v) is 8.85. The van der Waals surface area contributed by atoms with Crippen molar-refractivity contribution in [1.82, 2.24) is 19.5 Å². The molecule has 0 radical (unpaired) electrons. The predicted molar refractivity (Wildman–Crippen MR) is 99.1 cm³/mol. The fourth-order valence-electron chi connectivity index (χ4n) is 2.89. The summed E-state index contributed by atoms with van der Waals surface area (Å²) in [5, 5.41) is 0. The van der Waals surface area contributed by atoms with Gasteiger partial charge >= 0.3 is 7.60 Å². The number of ether oxygens (including phenoxy) is 2. The number of aromatic nitrogens is 4. The normalized spacial score (nSPS) is 21.0. The monoisotopic (exact) mass is 399 g/mol. The maximum Gasteiger partial charge on any atom is 0.356 e. The van der Waals surface area contributed by atoms with Crippen molar-refractivity contribution >= 4 is 24.6 Å². The van der Waals surface area contributed by atoms with Crippen molar-refractivity contribution in [2.45, 2.75) is 58.7 Å². The lowest BCUT2D eigenvalue weighted by atomic mass is 10.3. The number of nitrogens with two attached hydrogens (primary N) is 1. The van der Waals surface area contributed by atoms with Crippen molar-refractivity contribution in [1.29, 1.82) is 0 Å². The summed E-state index contributed by atoms with van der Waals surface area (Å²) in [6, 6.07) is 0. The van der Waals surface area contributed by atoms with Gasteiger partial charge in [-0.05, 0) is 27.7 Å². The number of hydrogen-bond donors (Lipinski definition) is 1. The van der Waals surface area contributed by atoms with Crippen molar-refractivity contribution in [3.63, 3.8) is 0 Å². The van der Waals surface area contributed by atoms with E-state index in [1.165, 1.54) is 6.33 Å². The molecule has 2 aromatic rings. The van der Waals surface area contributed by atoms with Gasteiger partial charge in [0.05, 0.1) is 31.2 Å². The summed E-state index contributed by atoms with van der Waals surface area (Å²) in [4.78, 5) is 12.4. The van der Waals surface area contributed by atoms with E-state index < -0.39 is 7.60 Å². The molecule has 27 heavy (non-hydrogen) atoms. The number of rotatable bonds is 8. The van der Waals surface area contributed by atoms with Crippen LogP contribution in [0.25, 0.3) is 11.2 Å². The van der Waals surface area contributed by atoms with Crippen LogP contribution in [-0.2, 0) is 23.1 Å². The van der Waals surface area contributed by atoms with E-state index in [-0.39, 0.29) is 30.9 Å². The van der Waals surface area contributed by atoms with E-state index in [0.29, 0.717) is 30.0 Å². The second kappa shape index (κ2) is 8.20. The van der Waals surface area contributed by atoms with Gasteiger partial charge in [0.2, 0.25) is 0 Å². The van der Waals surface area contributed by atoms with Gasteiger partial charge in [-0.25, -0.2) is 15.0 Å². The van der Waals surface area contributed by atoms with Crippen LogP contribution in [0.4, 0.5) is 5.82 Å². The van der Waals surface area contributed by atoms with Crippen molar-refractivity contribution < 1.29 is 23.1 Å². The molecule has 2 N–H and O–H groups in total. The molecule has 2 atom stereocenters. The average Bonchev–Trinajstić information content (AvgIpc) is 3.18. The van der Waals surface area contributed by atoms with Gasteiger partial charge in [-0.1, -0.05) is 0 Å². The highest BCUT2D eigenvalue weighted by Gasteiger charge is 2.34. The molecule has 0 aromatic carbocycles. The van der Waals surface area contributed by atoms with Crippen molar-refractivity contribution in [3.05, 3.63) is 12.7 Å². The molecule has 0 amide bonds. The summed E-state index contributed by atoms with van der Waals surface area (Å²) in [5.74, 6) is 0.321. The summed E-state index contributed by atoms with van der Waals surface area (Å²) in [6.07, 6.45) is 2.44. The molecule has 150 valence electrons. The van der Waals surface area contributed by atoms with Gasteiger partial charge in [0, 0.05) is 6.42 Å². The van der Waals surface area contributed by atoms with Crippen LogP contribution in [0.1, 0.15) is 40.3 Å². The standard InChI is InChI=1S/C16H26N5O5P/c1-10(2)25-27(22,26-11(3)4)9-24-12-5-13(23-6-12)21-8-20-14-15(17)18-7-19-16(14)21/h7-8,10-13H,5-6,9H2,1-4H3,(H2,17,18,19)/t12-,13-/m0/s1. The molecule has 0 spiro atoms. The van der Waals surface area contributed by atoms with E-state index >= 15 is 0 Å². The molecule has 3 rings (SSSR count).